The SMILES string of the molecule is CC(CCS)SC(C)CCS.CC(CCS)SC(C)CCS.CC(CCS)SC(C)CCS.[Sb]. The Hall–Kier alpha value is 3.97. The summed E-state index contributed by atoms with van der Waals surface area (Å²) in [6.07, 6.45) is 7.28. The van der Waals surface area contributed by atoms with Gasteiger partial charge in [-0.2, -0.15) is 111 Å². The summed E-state index contributed by atoms with van der Waals surface area (Å²) in [5.41, 5.74) is 0. The first-order valence-corrected chi connectivity index (χ1v) is 18.8. The fourth-order valence-electron chi connectivity index (χ4n) is 2.69. The van der Waals surface area contributed by atoms with E-state index in [9.17, 15) is 0 Å². The summed E-state index contributed by atoms with van der Waals surface area (Å²) in [6.45, 7) is 13.6. The Morgan fingerprint density at radius 3 is 0.559 bits per heavy atom. The van der Waals surface area contributed by atoms with Crippen molar-refractivity contribution in [1.82, 2.24) is 0 Å². The quantitative estimate of drug-likeness (QED) is 0.0612. The summed E-state index contributed by atoms with van der Waals surface area (Å²) in [5, 5.41) is 4.51. The summed E-state index contributed by atoms with van der Waals surface area (Å²) in [7, 11) is 0. The van der Waals surface area contributed by atoms with Gasteiger partial charge in [0.25, 0.3) is 0 Å². The molecule has 0 saturated heterocycles. The van der Waals surface area contributed by atoms with Crippen molar-refractivity contribution >= 4 is 135 Å². The number of hydrogen-bond donors (Lipinski definition) is 6. The van der Waals surface area contributed by atoms with E-state index < -0.39 is 0 Å². The van der Waals surface area contributed by atoms with E-state index in [4.69, 9.17) is 0 Å². The smallest absolute Gasteiger partial charge is 0.00291 e. The van der Waals surface area contributed by atoms with Gasteiger partial charge in [-0.3, -0.25) is 0 Å². The third-order valence-electron chi connectivity index (χ3n) is 4.61. The molecule has 0 rings (SSSR count). The largest absolute Gasteiger partial charge is 0.179 e. The van der Waals surface area contributed by atoms with Gasteiger partial charge in [0.2, 0.25) is 0 Å². The fourth-order valence-corrected chi connectivity index (χ4v) is 9.96. The summed E-state index contributed by atoms with van der Waals surface area (Å²) in [5.74, 6) is 6.01. The van der Waals surface area contributed by atoms with Crippen LogP contribution in [0, 0.1) is 0 Å². The van der Waals surface area contributed by atoms with Gasteiger partial charge in [-0.05, 0) is 73.0 Å². The molecule has 10 heteroatoms. The maximum Gasteiger partial charge on any atom is 0.00291 e. The average molecular weight is 753 g/mol. The predicted molar refractivity (Wildman–Crippen MR) is 196 cm³/mol. The average Bonchev–Trinajstić information content (AvgIpc) is 2.69. The van der Waals surface area contributed by atoms with Crippen molar-refractivity contribution in [3.63, 3.8) is 0 Å². The van der Waals surface area contributed by atoms with Gasteiger partial charge in [0.1, 0.15) is 0 Å². The molecule has 0 nitrogen and oxygen atoms in total. The van der Waals surface area contributed by atoms with Crippen LogP contribution >= 0.6 is 111 Å². The Kier molecular flexibility index (Phi) is 46.3. The Morgan fingerprint density at radius 1 is 0.353 bits per heavy atom. The van der Waals surface area contributed by atoms with E-state index in [0.29, 0.717) is 0 Å². The Bertz CT molecular complexity index is 285. The molecule has 0 aromatic carbocycles. The van der Waals surface area contributed by atoms with Crippen LogP contribution in [-0.2, 0) is 0 Å². The van der Waals surface area contributed by atoms with Gasteiger partial charge < -0.3 is 0 Å². The molecule has 6 atom stereocenters. The monoisotopic (exact) mass is 751 g/mol. The first-order valence-electron chi connectivity index (χ1n) is 12.2. The molecule has 0 heterocycles. The molecule has 0 saturated carbocycles. The van der Waals surface area contributed by atoms with Gasteiger partial charge in [-0.1, -0.05) is 41.5 Å². The Balaban J connectivity index is -0.000000196. The minimum absolute atomic E-state index is 0. The van der Waals surface area contributed by atoms with Crippen molar-refractivity contribution in [2.45, 2.75) is 112 Å². The second-order valence-electron chi connectivity index (χ2n) is 8.35. The second-order valence-corrected chi connectivity index (χ2v) is 16.7. The number of thioether (sulfide) groups is 3. The third-order valence-corrected chi connectivity index (χ3v) is 10.4. The molecule has 0 fully saturated rings. The Labute approximate surface area is 278 Å². The van der Waals surface area contributed by atoms with E-state index in [1.807, 2.05) is 0 Å². The molecule has 0 aromatic rings. The zero-order valence-electron chi connectivity index (χ0n) is 22.3. The van der Waals surface area contributed by atoms with Crippen molar-refractivity contribution in [3.8, 4) is 0 Å². The van der Waals surface area contributed by atoms with Gasteiger partial charge in [0.15, 0.2) is 0 Å². The molecular formula is C24H54S9Sb. The van der Waals surface area contributed by atoms with E-state index in [-0.39, 0.29) is 24.4 Å². The van der Waals surface area contributed by atoms with Crippen LogP contribution in [0.1, 0.15) is 80.1 Å². The van der Waals surface area contributed by atoms with Crippen LogP contribution in [0.3, 0.4) is 0 Å². The van der Waals surface area contributed by atoms with E-state index in [1.54, 1.807) is 0 Å². The van der Waals surface area contributed by atoms with Crippen LogP contribution in [0.25, 0.3) is 0 Å². The molecule has 0 aliphatic carbocycles. The van der Waals surface area contributed by atoms with Crippen LogP contribution < -0.4 is 0 Å². The van der Waals surface area contributed by atoms with Crippen molar-refractivity contribution in [1.29, 1.82) is 0 Å². The zero-order chi connectivity index (χ0) is 26.1. The Morgan fingerprint density at radius 2 is 0.471 bits per heavy atom. The second kappa shape index (κ2) is 35.0. The van der Waals surface area contributed by atoms with E-state index in [2.05, 4.69) is 153 Å². The molecule has 3 radical (unpaired) electrons. The molecule has 0 aromatic heterocycles. The minimum atomic E-state index is 0. The standard InChI is InChI=1S/3C8H18S3.Sb/c3*1-7(3-5-9)11-8(2)4-6-10;/h3*7-10H,3-6H2,1-2H3;. The van der Waals surface area contributed by atoms with Gasteiger partial charge >= 0.3 is 0 Å². The number of hydrogen-bond acceptors (Lipinski definition) is 9. The molecular weight excluding hydrogens is 699 g/mol. The van der Waals surface area contributed by atoms with Crippen molar-refractivity contribution in [3.05, 3.63) is 0 Å². The normalized spacial score (nSPS) is 15.9. The third kappa shape index (κ3) is 38.1. The van der Waals surface area contributed by atoms with Crippen LogP contribution in [0.5, 0.6) is 0 Å². The summed E-state index contributed by atoms with van der Waals surface area (Å²) in [4.78, 5) is 0. The molecule has 0 spiro atoms. The first-order chi connectivity index (χ1) is 15.6. The van der Waals surface area contributed by atoms with Crippen LogP contribution in [0.2, 0.25) is 0 Å². The molecule has 0 amide bonds. The molecule has 209 valence electrons. The first kappa shape index (κ1) is 45.0. The van der Waals surface area contributed by atoms with E-state index in [0.717, 1.165) is 66.0 Å². The van der Waals surface area contributed by atoms with Crippen molar-refractivity contribution in [2.75, 3.05) is 34.5 Å². The number of thiol groups is 6. The molecule has 0 aliphatic heterocycles. The molecule has 0 N–H and O–H groups in total. The summed E-state index contributed by atoms with van der Waals surface area (Å²) in [6, 6.07) is 0. The maximum atomic E-state index is 4.21. The van der Waals surface area contributed by atoms with Crippen molar-refractivity contribution < 1.29 is 0 Å². The van der Waals surface area contributed by atoms with Gasteiger partial charge in [-0.25, -0.2) is 0 Å². The van der Waals surface area contributed by atoms with Gasteiger partial charge in [0.05, 0.1) is 0 Å². The van der Waals surface area contributed by atoms with Crippen molar-refractivity contribution in [2.24, 2.45) is 0 Å². The number of rotatable bonds is 18. The summed E-state index contributed by atoms with van der Waals surface area (Å²) >= 11 is 31.4. The fraction of sp³-hybridized carbons (Fsp3) is 1.00. The topological polar surface area (TPSA) is 0 Å². The summed E-state index contributed by atoms with van der Waals surface area (Å²) < 4.78 is 0. The van der Waals surface area contributed by atoms with E-state index in [1.165, 1.54) is 38.5 Å². The molecule has 0 aliphatic rings. The van der Waals surface area contributed by atoms with Gasteiger partial charge in [0, 0.05) is 55.9 Å². The molecule has 0 bridgehead atoms. The van der Waals surface area contributed by atoms with Crippen LogP contribution in [0.15, 0.2) is 0 Å². The molecule has 34 heavy (non-hydrogen) atoms. The zero-order valence-corrected chi connectivity index (χ0v) is 32.7. The predicted octanol–water partition coefficient (Wildman–Crippen LogP) is 9.03. The maximum absolute atomic E-state index is 4.21. The van der Waals surface area contributed by atoms with Gasteiger partial charge in [-0.15, -0.1) is 0 Å². The minimum Gasteiger partial charge on any atom is -0.179 e. The van der Waals surface area contributed by atoms with E-state index >= 15 is 0 Å². The van der Waals surface area contributed by atoms with Crippen LogP contribution in [0.4, 0.5) is 0 Å². The molecule has 6 unspecified atom stereocenters. The van der Waals surface area contributed by atoms with Crippen LogP contribution in [-0.4, -0.2) is 90.4 Å².